The molecule has 3 aliphatic carbocycles. The molecule has 140 valence electrons. The zero-order chi connectivity index (χ0) is 19.4. The summed E-state index contributed by atoms with van der Waals surface area (Å²) in [5, 5.41) is 0. The topological polar surface area (TPSA) is 9.23 Å². The molecular weight excluding hydrogens is 372 g/mol. The Labute approximate surface area is 175 Å². The van der Waals surface area contributed by atoms with Gasteiger partial charge in [-0.05, 0) is 57.6 Å². The molecule has 0 saturated carbocycles. The zero-order valence-electron chi connectivity index (χ0n) is 16.1. The molecule has 29 heavy (non-hydrogen) atoms. The van der Waals surface area contributed by atoms with E-state index in [1.54, 1.807) is 7.11 Å². The molecule has 0 atom stereocenters. The van der Waals surface area contributed by atoms with Crippen molar-refractivity contribution in [1.82, 2.24) is 0 Å². The lowest BCUT2D eigenvalue weighted by molar-refractivity contribution is 0.414. The molecule has 0 saturated heterocycles. The van der Waals surface area contributed by atoms with Crippen molar-refractivity contribution in [3.8, 4) is 5.75 Å². The molecule has 0 N–H and O–H groups in total. The molecular formula is C27H20OS. The van der Waals surface area contributed by atoms with E-state index in [2.05, 4.69) is 97.1 Å². The van der Waals surface area contributed by atoms with E-state index in [9.17, 15) is 0 Å². The second-order valence-corrected chi connectivity index (χ2v) is 8.94. The summed E-state index contributed by atoms with van der Waals surface area (Å²) in [5.41, 5.74) is 8.57. The number of methoxy groups -OCH3 is 1. The standard InChI is InChI=1S/C27H20OS/c1-28-18-14-16-19(17-15-18)29-27-23-11-5-2-8-20(23)26(21-9-3-6-12-24(21)27)22-10-4-7-13-25(22)27/h2-17,26H,1H3. The average molecular weight is 393 g/mol. The van der Waals surface area contributed by atoms with Crippen LogP contribution in [-0.2, 0) is 4.75 Å². The van der Waals surface area contributed by atoms with Gasteiger partial charge in [-0.3, -0.25) is 0 Å². The lowest BCUT2D eigenvalue weighted by Gasteiger charge is -2.50. The van der Waals surface area contributed by atoms with Crippen LogP contribution < -0.4 is 4.74 Å². The van der Waals surface area contributed by atoms with Crippen molar-refractivity contribution in [2.75, 3.05) is 7.11 Å². The van der Waals surface area contributed by atoms with Crippen molar-refractivity contribution in [3.05, 3.63) is 130 Å². The van der Waals surface area contributed by atoms with E-state index in [0.717, 1.165) is 5.75 Å². The molecule has 0 heterocycles. The summed E-state index contributed by atoms with van der Waals surface area (Å²) in [4.78, 5) is 1.24. The molecule has 0 spiro atoms. The maximum atomic E-state index is 5.38. The molecule has 1 nitrogen and oxygen atoms in total. The van der Waals surface area contributed by atoms with Crippen molar-refractivity contribution >= 4 is 11.8 Å². The Morgan fingerprint density at radius 2 is 1.07 bits per heavy atom. The third-order valence-corrected chi connectivity index (χ3v) is 7.76. The molecule has 0 aromatic heterocycles. The molecule has 2 heteroatoms. The minimum Gasteiger partial charge on any atom is -0.497 e. The van der Waals surface area contributed by atoms with E-state index in [4.69, 9.17) is 4.74 Å². The Kier molecular flexibility index (Phi) is 3.66. The maximum absolute atomic E-state index is 5.38. The van der Waals surface area contributed by atoms with Crippen LogP contribution in [-0.4, -0.2) is 7.11 Å². The van der Waals surface area contributed by atoms with Gasteiger partial charge in [0.2, 0.25) is 0 Å². The van der Waals surface area contributed by atoms with E-state index in [1.165, 1.54) is 38.3 Å². The van der Waals surface area contributed by atoms with Gasteiger partial charge in [-0.1, -0.05) is 72.8 Å². The van der Waals surface area contributed by atoms with Crippen LogP contribution in [0.3, 0.4) is 0 Å². The summed E-state index contributed by atoms with van der Waals surface area (Å²) in [6.45, 7) is 0. The molecule has 4 aromatic carbocycles. The Morgan fingerprint density at radius 3 is 1.52 bits per heavy atom. The summed E-state index contributed by atoms with van der Waals surface area (Å²) < 4.78 is 5.14. The fourth-order valence-corrected chi connectivity index (χ4v) is 6.64. The average Bonchev–Trinajstić information content (AvgIpc) is 2.80. The van der Waals surface area contributed by atoms with Gasteiger partial charge >= 0.3 is 0 Å². The SMILES string of the molecule is COc1ccc(SC23c4ccccc4C(c4ccccc42)c2ccccc23)cc1. The third kappa shape index (κ3) is 2.24. The first kappa shape index (κ1) is 16.9. The highest BCUT2D eigenvalue weighted by Crippen LogP contribution is 2.64. The molecule has 0 fully saturated rings. The Bertz CT molecular complexity index is 1110. The summed E-state index contributed by atoms with van der Waals surface area (Å²) in [6, 6.07) is 35.4. The van der Waals surface area contributed by atoms with Crippen molar-refractivity contribution in [2.45, 2.75) is 15.6 Å². The van der Waals surface area contributed by atoms with E-state index in [1.807, 2.05) is 11.8 Å². The normalized spacial score (nSPS) is 20.5. The lowest BCUT2D eigenvalue weighted by Crippen LogP contribution is -2.39. The number of ether oxygens (including phenoxy) is 1. The predicted octanol–water partition coefficient (Wildman–Crippen LogP) is 6.59. The number of thioether (sulfide) groups is 1. The van der Waals surface area contributed by atoms with Crippen LogP contribution in [0.5, 0.6) is 5.75 Å². The minimum absolute atomic E-state index is 0.243. The van der Waals surface area contributed by atoms with Gasteiger partial charge in [0.25, 0.3) is 0 Å². The van der Waals surface area contributed by atoms with Crippen molar-refractivity contribution in [2.24, 2.45) is 0 Å². The minimum atomic E-state index is -0.243. The second kappa shape index (κ2) is 6.27. The van der Waals surface area contributed by atoms with Crippen molar-refractivity contribution < 1.29 is 4.74 Å². The van der Waals surface area contributed by atoms with E-state index in [-0.39, 0.29) is 4.75 Å². The third-order valence-electron chi connectivity index (χ3n) is 6.28. The fourth-order valence-electron chi connectivity index (χ4n) is 5.13. The van der Waals surface area contributed by atoms with Crippen LogP contribution in [0.4, 0.5) is 0 Å². The van der Waals surface area contributed by atoms with Gasteiger partial charge < -0.3 is 4.74 Å². The number of hydrogen-bond donors (Lipinski definition) is 0. The molecule has 4 aromatic rings. The van der Waals surface area contributed by atoms with Gasteiger partial charge in [-0.25, -0.2) is 0 Å². The van der Waals surface area contributed by atoms with Crippen LogP contribution in [0.1, 0.15) is 39.3 Å². The maximum Gasteiger partial charge on any atom is 0.118 e. The second-order valence-electron chi connectivity index (χ2n) is 7.65. The van der Waals surface area contributed by atoms with Crippen LogP contribution in [0.25, 0.3) is 0 Å². The molecule has 7 rings (SSSR count). The Morgan fingerprint density at radius 1 is 0.621 bits per heavy atom. The zero-order valence-corrected chi connectivity index (χ0v) is 16.9. The quantitative estimate of drug-likeness (QED) is 0.389. The number of rotatable bonds is 3. The van der Waals surface area contributed by atoms with Gasteiger partial charge in [0, 0.05) is 10.8 Å². The monoisotopic (exact) mass is 392 g/mol. The van der Waals surface area contributed by atoms with Crippen LogP contribution in [0.2, 0.25) is 0 Å². The number of hydrogen-bond acceptors (Lipinski definition) is 2. The van der Waals surface area contributed by atoms with E-state index < -0.39 is 0 Å². The van der Waals surface area contributed by atoms with Gasteiger partial charge in [-0.15, -0.1) is 11.8 Å². The first-order valence-electron chi connectivity index (χ1n) is 9.94. The van der Waals surface area contributed by atoms with Gasteiger partial charge in [0.15, 0.2) is 0 Å². The van der Waals surface area contributed by atoms with Crippen LogP contribution in [0.15, 0.2) is 102 Å². The molecule has 0 amide bonds. The highest BCUT2D eigenvalue weighted by atomic mass is 32.2. The summed E-state index contributed by atoms with van der Waals surface area (Å²) in [6.07, 6.45) is 0. The summed E-state index contributed by atoms with van der Waals surface area (Å²) in [7, 11) is 1.71. The predicted molar refractivity (Wildman–Crippen MR) is 119 cm³/mol. The van der Waals surface area contributed by atoms with E-state index >= 15 is 0 Å². The van der Waals surface area contributed by atoms with Crippen molar-refractivity contribution in [1.29, 1.82) is 0 Å². The molecule has 0 unspecified atom stereocenters. The molecule has 0 radical (unpaired) electrons. The largest absolute Gasteiger partial charge is 0.497 e. The fraction of sp³-hybridized carbons (Fsp3) is 0.111. The first-order valence-corrected chi connectivity index (χ1v) is 10.8. The van der Waals surface area contributed by atoms with E-state index in [0.29, 0.717) is 5.92 Å². The molecule has 2 bridgehead atoms. The smallest absolute Gasteiger partial charge is 0.118 e. The van der Waals surface area contributed by atoms with Gasteiger partial charge in [0.05, 0.1) is 11.9 Å². The Balaban J connectivity index is 1.67. The highest BCUT2D eigenvalue weighted by Gasteiger charge is 2.52. The lowest BCUT2D eigenvalue weighted by atomic mass is 9.60. The molecule has 0 aliphatic heterocycles. The summed E-state index contributed by atoms with van der Waals surface area (Å²) >= 11 is 1.94. The molecule has 3 aliphatic rings. The van der Waals surface area contributed by atoms with Crippen LogP contribution >= 0.6 is 11.8 Å². The van der Waals surface area contributed by atoms with Crippen LogP contribution in [0, 0.1) is 0 Å². The highest BCUT2D eigenvalue weighted by molar-refractivity contribution is 8.00. The summed E-state index contributed by atoms with van der Waals surface area (Å²) in [5.74, 6) is 1.21. The van der Waals surface area contributed by atoms with Gasteiger partial charge in [0.1, 0.15) is 5.75 Å². The van der Waals surface area contributed by atoms with Gasteiger partial charge in [-0.2, -0.15) is 0 Å². The Hall–Kier alpha value is -2.97. The van der Waals surface area contributed by atoms with Crippen molar-refractivity contribution in [3.63, 3.8) is 0 Å². The number of benzene rings is 4. The first-order chi connectivity index (χ1) is 14.3.